The molecule has 29 heavy (non-hydrogen) atoms. The smallest absolute Gasteiger partial charge is 0.265 e. The number of rotatable bonds is 3. The van der Waals surface area contributed by atoms with E-state index in [2.05, 4.69) is 4.99 Å². The van der Waals surface area contributed by atoms with E-state index in [1.54, 1.807) is 36.4 Å². The summed E-state index contributed by atoms with van der Waals surface area (Å²) in [5.41, 5.74) is 3.40. The molecule has 5 nitrogen and oxygen atoms in total. The number of phenolic OH excluding ortho intramolecular Hbond substituents is 1. The van der Waals surface area contributed by atoms with Crippen LogP contribution < -0.4 is 5.56 Å². The van der Waals surface area contributed by atoms with E-state index in [0.717, 1.165) is 11.1 Å². The second kappa shape index (κ2) is 7.28. The largest absolute Gasteiger partial charge is 0.508 e. The summed E-state index contributed by atoms with van der Waals surface area (Å²) >= 11 is 0. The molecule has 0 aliphatic rings. The Labute approximate surface area is 167 Å². The third-order valence-electron chi connectivity index (χ3n) is 5.02. The molecule has 0 atom stereocenters. The van der Waals surface area contributed by atoms with E-state index in [0.29, 0.717) is 27.7 Å². The van der Waals surface area contributed by atoms with Gasteiger partial charge in [-0.25, -0.2) is 4.57 Å². The zero-order valence-corrected chi connectivity index (χ0v) is 16.1. The molecule has 0 saturated heterocycles. The molecule has 0 spiro atoms. The molecular formula is C24H20N2O3. The van der Waals surface area contributed by atoms with Gasteiger partial charge in [0.2, 0.25) is 5.88 Å². The number of benzene rings is 3. The number of aromatic nitrogens is 1. The van der Waals surface area contributed by atoms with Crippen LogP contribution in [0.1, 0.15) is 16.7 Å². The predicted octanol–water partition coefficient (Wildman–Crippen LogP) is 4.77. The van der Waals surface area contributed by atoms with E-state index in [1.807, 2.05) is 38.1 Å². The fraction of sp³-hybridized carbons (Fsp3) is 0.0833. The summed E-state index contributed by atoms with van der Waals surface area (Å²) in [6, 6.07) is 19.3. The van der Waals surface area contributed by atoms with Crippen molar-refractivity contribution >= 4 is 22.7 Å². The normalized spacial score (nSPS) is 11.4. The first-order valence-electron chi connectivity index (χ1n) is 9.23. The van der Waals surface area contributed by atoms with E-state index in [-0.39, 0.29) is 17.2 Å². The molecule has 0 aliphatic heterocycles. The van der Waals surface area contributed by atoms with Crippen LogP contribution >= 0.6 is 0 Å². The van der Waals surface area contributed by atoms with Crippen molar-refractivity contribution in [2.45, 2.75) is 13.8 Å². The van der Waals surface area contributed by atoms with Crippen molar-refractivity contribution in [3.05, 3.63) is 93.8 Å². The number of aryl methyl sites for hydroxylation is 2. The summed E-state index contributed by atoms with van der Waals surface area (Å²) in [7, 11) is 0. The van der Waals surface area contributed by atoms with Gasteiger partial charge in [0.15, 0.2) is 0 Å². The van der Waals surface area contributed by atoms with Crippen LogP contribution in [-0.2, 0) is 0 Å². The summed E-state index contributed by atoms with van der Waals surface area (Å²) in [5, 5.41) is 21.8. The molecule has 1 aromatic heterocycles. The molecule has 0 unspecified atom stereocenters. The molecule has 0 saturated carbocycles. The molecule has 3 aromatic carbocycles. The molecule has 0 bridgehead atoms. The summed E-state index contributed by atoms with van der Waals surface area (Å²) < 4.78 is 1.30. The van der Waals surface area contributed by atoms with Crippen molar-refractivity contribution in [3.63, 3.8) is 0 Å². The third-order valence-corrected chi connectivity index (χ3v) is 5.02. The fourth-order valence-corrected chi connectivity index (χ4v) is 3.31. The van der Waals surface area contributed by atoms with Crippen LogP contribution in [0.5, 0.6) is 11.6 Å². The maximum Gasteiger partial charge on any atom is 0.265 e. The van der Waals surface area contributed by atoms with Gasteiger partial charge in [0.05, 0.1) is 16.9 Å². The molecule has 1 heterocycles. The Hall–Kier alpha value is -3.86. The highest BCUT2D eigenvalue weighted by molar-refractivity contribution is 6.02. The lowest BCUT2D eigenvalue weighted by molar-refractivity contribution is 0.436. The number of phenols is 1. The van der Waals surface area contributed by atoms with Crippen molar-refractivity contribution in [2.24, 2.45) is 4.99 Å². The second-order valence-corrected chi connectivity index (χ2v) is 6.97. The first-order chi connectivity index (χ1) is 14.0. The van der Waals surface area contributed by atoms with E-state index >= 15 is 0 Å². The standard InChI is InChI=1S/C24H20N2O3/c1-15-10-11-18(12-16(15)2)26-23(28)21-9-4-3-8-20(21)22(24(26)29)14-25-17-6-5-7-19(27)13-17/h3-14,27,29H,1-2H3. The topological polar surface area (TPSA) is 74.8 Å². The molecule has 5 heteroatoms. The summed E-state index contributed by atoms with van der Waals surface area (Å²) in [6.07, 6.45) is 1.52. The SMILES string of the molecule is Cc1ccc(-n2c(O)c(C=Nc3cccc(O)c3)c3ccccc3c2=O)cc1C. The summed E-state index contributed by atoms with van der Waals surface area (Å²) in [4.78, 5) is 17.5. The predicted molar refractivity (Wildman–Crippen MR) is 116 cm³/mol. The molecule has 0 radical (unpaired) electrons. The average molecular weight is 384 g/mol. The minimum absolute atomic E-state index is 0.105. The molecule has 0 amide bonds. The summed E-state index contributed by atoms with van der Waals surface area (Å²) in [6.45, 7) is 3.96. The third kappa shape index (κ3) is 3.38. The number of aliphatic imine (C=N–C) groups is 1. The average Bonchev–Trinajstić information content (AvgIpc) is 2.71. The summed E-state index contributed by atoms with van der Waals surface area (Å²) in [5.74, 6) is -0.0744. The Kier molecular flexibility index (Phi) is 4.64. The molecule has 0 aliphatic carbocycles. The van der Waals surface area contributed by atoms with Gasteiger partial charge in [-0.2, -0.15) is 0 Å². The van der Waals surface area contributed by atoms with Gasteiger partial charge in [-0.1, -0.05) is 30.3 Å². The van der Waals surface area contributed by atoms with Crippen molar-refractivity contribution in [1.82, 2.24) is 4.57 Å². The monoisotopic (exact) mass is 384 g/mol. The number of aromatic hydroxyl groups is 2. The Morgan fingerprint density at radius 1 is 0.862 bits per heavy atom. The highest BCUT2D eigenvalue weighted by atomic mass is 16.3. The van der Waals surface area contributed by atoms with Crippen LogP contribution in [0, 0.1) is 13.8 Å². The highest BCUT2D eigenvalue weighted by Gasteiger charge is 2.16. The van der Waals surface area contributed by atoms with Crippen LogP contribution in [0.25, 0.3) is 16.5 Å². The lowest BCUT2D eigenvalue weighted by Crippen LogP contribution is -2.20. The van der Waals surface area contributed by atoms with Gasteiger partial charge >= 0.3 is 0 Å². The molecule has 0 fully saturated rings. The van der Waals surface area contributed by atoms with Crippen molar-refractivity contribution in [1.29, 1.82) is 0 Å². The van der Waals surface area contributed by atoms with E-state index in [1.165, 1.54) is 16.8 Å². The Morgan fingerprint density at radius 3 is 2.34 bits per heavy atom. The van der Waals surface area contributed by atoms with E-state index in [9.17, 15) is 15.0 Å². The maximum absolute atomic E-state index is 13.1. The zero-order chi connectivity index (χ0) is 20.5. The number of hydrogen-bond donors (Lipinski definition) is 2. The number of hydrogen-bond acceptors (Lipinski definition) is 4. The van der Waals surface area contributed by atoms with Gasteiger partial charge < -0.3 is 10.2 Å². The van der Waals surface area contributed by atoms with E-state index < -0.39 is 0 Å². The molecular weight excluding hydrogens is 364 g/mol. The second-order valence-electron chi connectivity index (χ2n) is 6.97. The quantitative estimate of drug-likeness (QED) is 0.500. The minimum atomic E-state index is -0.296. The van der Waals surface area contributed by atoms with Gasteiger partial charge in [-0.15, -0.1) is 0 Å². The maximum atomic E-state index is 13.1. The van der Waals surface area contributed by atoms with Gasteiger partial charge in [0.25, 0.3) is 5.56 Å². The van der Waals surface area contributed by atoms with Crippen molar-refractivity contribution < 1.29 is 10.2 Å². The molecule has 2 N–H and O–H groups in total. The Bertz CT molecular complexity index is 1320. The highest BCUT2D eigenvalue weighted by Crippen LogP contribution is 2.27. The number of nitrogens with zero attached hydrogens (tertiary/aromatic N) is 2. The Balaban J connectivity index is 1.98. The number of fused-ring (bicyclic) bond motifs is 1. The lowest BCUT2D eigenvalue weighted by atomic mass is 10.1. The van der Waals surface area contributed by atoms with Gasteiger partial charge in [-0.3, -0.25) is 9.79 Å². The van der Waals surface area contributed by atoms with Gasteiger partial charge in [0, 0.05) is 23.1 Å². The Morgan fingerprint density at radius 2 is 1.62 bits per heavy atom. The van der Waals surface area contributed by atoms with Crippen LogP contribution in [0.15, 0.2) is 76.5 Å². The molecule has 4 aromatic rings. The molecule has 4 rings (SSSR count). The van der Waals surface area contributed by atoms with Crippen LogP contribution in [-0.4, -0.2) is 21.0 Å². The van der Waals surface area contributed by atoms with Crippen LogP contribution in [0.2, 0.25) is 0 Å². The molecule has 144 valence electrons. The minimum Gasteiger partial charge on any atom is -0.508 e. The lowest BCUT2D eigenvalue weighted by Gasteiger charge is -2.14. The van der Waals surface area contributed by atoms with Gasteiger partial charge in [0.1, 0.15) is 5.75 Å². The van der Waals surface area contributed by atoms with Gasteiger partial charge in [-0.05, 0) is 55.3 Å². The van der Waals surface area contributed by atoms with E-state index in [4.69, 9.17) is 0 Å². The van der Waals surface area contributed by atoms with Crippen molar-refractivity contribution in [3.8, 4) is 17.3 Å². The fourth-order valence-electron chi connectivity index (χ4n) is 3.31. The zero-order valence-electron chi connectivity index (χ0n) is 16.1. The first kappa shape index (κ1) is 18.5. The number of pyridine rings is 1. The van der Waals surface area contributed by atoms with Crippen LogP contribution in [0.4, 0.5) is 5.69 Å². The van der Waals surface area contributed by atoms with Crippen molar-refractivity contribution in [2.75, 3.05) is 0 Å². The van der Waals surface area contributed by atoms with Crippen LogP contribution in [0.3, 0.4) is 0 Å². The first-order valence-corrected chi connectivity index (χ1v) is 9.23.